The molecule has 112 valence electrons. The molecule has 20 heavy (non-hydrogen) atoms. The van der Waals surface area contributed by atoms with E-state index in [1.54, 1.807) is 6.92 Å². The van der Waals surface area contributed by atoms with Crippen LogP contribution in [-0.2, 0) is 19.7 Å². The van der Waals surface area contributed by atoms with Crippen molar-refractivity contribution in [2.75, 3.05) is 13.2 Å². The molecule has 0 N–H and O–H groups in total. The predicted molar refractivity (Wildman–Crippen MR) is 71.1 cm³/mol. The average molecular weight is 282 g/mol. The Kier molecular flexibility index (Phi) is 4.75. The molecule has 0 bridgehead atoms. The molecule has 0 aliphatic heterocycles. The number of carbonyl (C=O) groups excluding carboxylic acids is 1. The molecule has 1 aliphatic carbocycles. The summed E-state index contributed by atoms with van der Waals surface area (Å²) in [6.07, 6.45) is 3.05. The van der Waals surface area contributed by atoms with Gasteiger partial charge in [0.15, 0.2) is 0 Å². The predicted octanol–water partition coefficient (Wildman–Crippen LogP) is 2.54. The Balaban J connectivity index is 2.14. The monoisotopic (exact) mass is 282 g/mol. The summed E-state index contributed by atoms with van der Waals surface area (Å²) in [7, 11) is 0. The molecule has 1 atom stereocenters. The van der Waals surface area contributed by atoms with Gasteiger partial charge in [0.2, 0.25) is 11.7 Å². The van der Waals surface area contributed by atoms with Crippen molar-refractivity contribution in [3.63, 3.8) is 0 Å². The molecule has 1 aromatic heterocycles. The lowest BCUT2D eigenvalue weighted by Crippen LogP contribution is -2.23. The molecule has 1 unspecified atom stereocenters. The van der Waals surface area contributed by atoms with E-state index >= 15 is 0 Å². The Morgan fingerprint density at radius 1 is 1.35 bits per heavy atom. The number of ether oxygens (including phenoxy) is 2. The zero-order valence-corrected chi connectivity index (χ0v) is 12.3. The number of aromatic nitrogens is 2. The van der Waals surface area contributed by atoms with Crippen molar-refractivity contribution in [3.8, 4) is 0 Å². The maximum absolute atomic E-state index is 12.0. The van der Waals surface area contributed by atoms with Gasteiger partial charge in [-0.25, -0.2) is 0 Å². The molecule has 1 aromatic rings. The van der Waals surface area contributed by atoms with Crippen LogP contribution >= 0.6 is 0 Å². The molecular formula is C14H22N2O4. The second-order valence-corrected chi connectivity index (χ2v) is 4.99. The Hall–Kier alpha value is -1.43. The van der Waals surface area contributed by atoms with E-state index in [9.17, 15) is 4.79 Å². The van der Waals surface area contributed by atoms with E-state index in [1.807, 2.05) is 6.92 Å². The fourth-order valence-electron chi connectivity index (χ4n) is 2.21. The maximum Gasteiger partial charge on any atom is 0.321 e. The van der Waals surface area contributed by atoms with Crippen LogP contribution in [0.3, 0.4) is 0 Å². The molecule has 0 spiro atoms. The molecule has 2 rings (SSSR count). The van der Waals surface area contributed by atoms with Crippen molar-refractivity contribution in [2.24, 2.45) is 0 Å². The van der Waals surface area contributed by atoms with Crippen LogP contribution in [0.2, 0.25) is 0 Å². The van der Waals surface area contributed by atoms with Gasteiger partial charge in [-0.1, -0.05) is 18.5 Å². The first-order valence-corrected chi connectivity index (χ1v) is 7.30. The summed E-state index contributed by atoms with van der Waals surface area (Å²) in [5.41, 5.74) is -0.704. The van der Waals surface area contributed by atoms with Gasteiger partial charge < -0.3 is 14.0 Å². The minimum Gasteiger partial charge on any atom is -0.465 e. The molecule has 0 saturated heterocycles. The van der Waals surface area contributed by atoms with Crippen LogP contribution in [0.15, 0.2) is 4.52 Å². The molecule has 0 aromatic carbocycles. The fraction of sp³-hybridized carbons (Fsp3) is 0.786. The van der Waals surface area contributed by atoms with Crippen LogP contribution in [0.4, 0.5) is 0 Å². The number of hydrogen-bond acceptors (Lipinski definition) is 6. The third-order valence-corrected chi connectivity index (χ3v) is 3.47. The first-order valence-electron chi connectivity index (χ1n) is 7.30. The lowest BCUT2D eigenvalue weighted by atomic mass is 10.1. The minimum atomic E-state index is -0.704. The van der Waals surface area contributed by atoms with Gasteiger partial charge >= 0.3 is 5.97 Å². The van der Waals surface area contributed by atoms with Gasteiger partial charge in [0.1, 0.15) is 11.5 Å². The lowest BCUT2D eigenvalue weighted by molar-refractivity contribution is -0.146. The molecule has 0 radical (unpaired) electrons. The van der Waals surface area contributed by atoms with E-state index in [0.717, 1.165) is 12.8 Å². The lowest BCUT2D eigenvalue weighted by Gasteiger charge is -2.11. The highest BCUT2D eigenvalue weighted by Gasteiger charge is 2.57. The van der Waals surface area contributed by atoms with Gasteiger partial charge in [0.25, 0.3) is 0 Å². The van der Waals surface area contributed by atoms with E-state index in [2.05, 4.69) is 17.1 Å². The highest BCUT2D eigenvalue weighted by Crippen LogP contribution is 2.48. The van der Waals surface area contributed by atoms with Crippen LogP contribution in [0.25, 0.3) is 0 Å². The maximum atomic E-state index is 12.0. The van der Waals surface area contributed by atoms with Gasteiger partial charge in [-0.15, -0.1) is 0 Å². The second kappa shape index (κ2) is 6.35. The van der Waals surface area contributed by atoms with Crippen molar-refractivity contribution < 1.29 is 18.8 Å². The Morgan fingerprint density at radius 2 is 2.10 bits per heavy atom. The zero-order chi connectivity index (χ0) is 14.6. The number of nitrogens with zero attached hydrogens (tertiary/aromatic N) is 2. The van der Waals surface area contributed by atoms with Crippen LogP contribution in [0, 0.1) is 0 Å². The third kappa shape index (κ3) is 2.85. The van der Waals surface area contributed by atoms with Crippen molar-refractivity contribution >= 4 is 5.97 Å². The molecular weight excluding hydrogens is 260 g/mol. The summed E-state index contributed by atoms with van der Waals surface area (Å²) < 4.78 is 16.0. The second-order valence-electron chi connectivity index (χ2n) is 4.99. The van der Waals surface area contributed by atoms with Crippen LogP contribution in [0.1, 0.15) is 64.3 Å². The molecule has 6 nitrogen and oxygen atoms in total. The van der Waals surface area contributed by atoms with Gasteiger partial charge in [-0.2, -0.15) is 4.98 Å². The van der Waals surface area contributed by atoms with E-state index in [0.29, 0.717) is 37.8 Å². The Labute approximate surface area is 118 Å². The van der Waals surface area contributed by atoms with Gasteiger partial charge in [0, 0.05) is 6.61 Å². The number of esters is 1. The van der Waals surface area contributed by atoms with Crippen LogP contribution in [0.5, 0.6) is 0 Å². The number of rotatable bonds is 8. The molecule has 1 saturated carbocycles. The molecule has 6 heteroatoms. The summed E-state index contributed by atoms with van der Waals surface area (Å²) in [5.74, 6) is 0.629. The van der Waals surface area contributed by atoms with Gasteiger partial charge in [-0.3, -0.25) is 4.79 Å². The van der Waals surface area contributed by atoms with E-state index in [1.165, 1.54) is 0 Å². The van der Waals surface area contributed by atoms with Crippen molar-refractivity contribution in [2.45, 2.75) is 58.0 Å². The summed E-state index contributed by atoms with van der Waals surface area (Å²) in [4.78, 5) is 16.4. The molecule has 1 aliphatic rings. The minimum absolute atomic E-state index is 0.166. The van der Waals surface area contributed by atoms with Gasteiger partial charge in [0.05, 0.1) is 6.61 Å². The average Bonchev–Trinajstić information content (AvgIpc) is 3.10. The van der Waals surface area contributed by atoms with E-state index < -0.39 is 5.41 Å². The summed E-state index contributed by atoms with van der Waals surface area (Å²) >= 11 is 0. The first kappa shape index (κ1) is 15.0. The van der Waals surface area contributed by atoms with E-state index in [-0.39, 0.29) is 12.1 Å². The highest BCUT2D eigenvalue weighted by molar-refractivity contribution is 5.85. The third-order valence-electron chi connectivity index (χ3n) is 3.47. The SMILES string of the molecule is CCCC(OCC)c1noc(C2(C(=O)OCC)CC2)n1. The highest BCUT2D eigenvalue weighted by atomic mass is 16.5. The summed E-state index contributed by atoms with van der Waals surface area (Å²) in [5, 5.41) is 3.98. The normalized spacial score (nSPS) is 17.8. The summed E-state index contributed by atoms with van der Waals surface area (Å²) in [6, 6.07) is 0. The van der Waals surface area contributed by atoms with E-state index in [4.69, 9.17) is 14.0 Å². The fourth-order valence-corrected chi connectivity index (χ4v) is 2.21. The topological polar surface area (TPSA) is 74.5 Å². The molecule has 1 heterocycles. The molecule has 0 amide bonds. The Morgan fingerprint density at radius 3 is 2.65 bits per heavy atom. The van der Waals surface area contributed by atoms with Crippen molar-refractivity contribution in [1.29, 1.82) is 0 Å². The largest absolute Gasteiger partial charge is 0.465 e. The van der Waals surface area contributed by atoms with Crippen LogP contribution in [-0.4, -0.2) is 29.3 Å². The van der Waals surface area contributed by atoms with Crippen molar-refractivity contribution in [3.05, 3.63) is 11.7 Å². The summed E-state index contributed by atoms with van der Waals surface area (Å²) in [6.45, 7) is 6.76. The van der Waals surface area contributed by atoms with Gasteiger partial charge in [-0.05, 0) is 33.1 Å². The van der Waals surface area contributed by atoms with Crippen molar-refractivity contribution in [1.82, 2.24) is 10.1 Å². The standard InChI is InChI=1S/C14H22N2O4/c1-4-7-10(18-5-2)11-15-12(20-16-11)14(8-9-14)13(17)19-6-3/h10H,4-9H2,1-3H3. The quantitative estimate of drug-likeness (QED) is 0.682. The number of hydrogen-bond donors (Lipinski definition) is 0. The Bertz CT molecular complexity index is 448. The van der Waals surface area contributed by atoms with Crippen LogP contribution < -0.4 is 0 Å². The first-order chi connectivity index (χ1) is 9.67. The molecule has 1 fully saturated rings. The zero-order valence-electron chi connectivity index (χ0n) is 12.3. The smallest absolute Gasteiger partial charge is 0.321 e. The number of carbonyl (C=O) groups is 1.